The molecule has 2 aromatic rings. The van der Waals surface area contributed by atoms with E-state index in [9.17, 15) is 4.79 Å². The van der Waals surface area contributed by atoms with Crippen LogP contribution in [0.5, 0.6) is 0 Å². The molecule has 0 aliphatic heterocycles. The molecule has 7 heteroatoms. The zero-order valence-electron chi connectivity index (χ0n) is 11.5. The largest absolute Gasteiger partial charge is 0.379 e. The Balaban J connectivity index is 2.09. The first-order valence-electron chi connectivity index (χ1n) is 5.98. The van der Waals surface area contributed by atoms with Crippen LogP contribution in [0.4, 0.5) is 5.82 Å². The third kappa shape index (κ3) is 2.82. The Morgan fingerprint density at radius 1 is 1.25 bits per heavy atom. The van der Waals surface area contributed by atoms with Crippen LogP contribution in [0, 0.1) is 20.8 Å². The SMILES string of the molecule is Cc1cc(C)c(/C=N\NC(=O)c2nonc2N)cc1C. The summed E-state index contributed by atoms with van der Waals surface area (Å²) in [5, 5.41) is 10.6. The van der Waals surface area contributed by atoms with E-state index in [-0.39, 0.29) is 11.5 Å². The lowest BCUT2D eigenvalue weighted by molar-refractivity contribution is 0.0946. The lowest BCUT2D eigenvalue weighted by Gasteiger charge is -2.05. The fourth-order valence-electron chi connectivity index (χ4n) is 1.69. The number of amides is 1. The Bertz CT molecular complexity index is 675. The molecule has 20 heavy (non-hydrogen) atoms. The Labute approximate surface area is 115 Å². The van der Waals surface area contributed by atoms with Crippen LogP contribution in [0.3, 0.4) is 0 Å². The van der Waals surface area contributed by atoms with Gasteiger partial charge in [-0.25, -0.2) is 10.1 Å². The number of carbonyl (C=O) groups is 1. The first-order valence-corrected chi connectivity index (χ1v) is 5.98. The molecule has 0 aliphatic carbocycles. The number of nitrogens with one attached hydrogen (secondary N) is 1. The molecule has 104 valence electrons. The van der Waals surface area contributed by atoms with Gasteiger partial charge in [0.05, 0.1) is 6.21 Å². The quantitative estimate of drug-likeness (QED) is 0.648. The molecule has 0 atom stereocenters. The van der Waals surface area contributed by atoms with E-state index in [0.29, 0.717) is 0 Å². The van der Waals surface area contributed by atoms with Crippen molar-refractivity contribution in [2.24, 2.45) is 5.10 Å². The van der Waals surface area contributed by atoms with Gasteiger partial charge >= 0.3 is 0 Å². The van der Waals surface area contributed by atoms with Gasteiger partial charge in [0.25, 0.3) is 5.91 Å². The molecular formula is C13H15N5O2. The number of carbonyl (C=O) groups excluding carboxylic acids is 1. The third-order valence-corrected chi connectivity index (χ3v) is 2.98. The number of hydrogen-bond acceptors (Lipinski definition) is 6. The highest BCUT2D eigenvalue weighted by Crippen LogP contribution is 2.13. The highest BCUT2D eigenvalue weighted by Gasteiger charge is 2.14. The average molecular weight is 273 g/mol. The van der Waals surface area contributed by atoms with Crippen LogP contribution in [-0.2, 0) is 0 Å². The highest BCUT2D eigenvalue weighted by molar-refractivity contribution is 5.96. The summed E-state index contributed by atoms with van der Waals surface area (Å²) in [4.78, 5) is 11.7. The van der Waals surface area contributed by atoms with Gasteiger partial charge in [-0.2, -0.15) is 5.10 Å². The molecule has 7 nitrogen and oxygen atoms in total. The van der Waals surface area contributed by atoms with Gasteiger partial charge in [0.15, 0.2) is 0 Å². The van der Waals surface area contributed by atoms with E-state index in [2.05, 4.69) is 31.5 Å². The van der Waals surface area contributed by atoms with Gasteiger partial charge in [-0.05, 0) is 59.4 Å². The van der Waals surface area contributed by atoms with Crippen LogP contribution in [-0.4, -0.2) is 22.4 Å². The van der Waals surface area contributed by atoms with Crippen LogP contribution >= 0.6 is 0 Å². The summed E-state index contributed by atoms with van der Waals surface area (Å²) in [6.45, 7) is 6.05. The number of nitrogens with two attached hydrogens (primary N) is 1. The van der Waals surface area contributed by atoms with Crippen molar-refractivity contribution < 1.29 is 9.42 Å². The monoisotopic (exact) mass is 273 g/mol. The van der Waals surface area contributed by atoms with E-state index in [0.717, 1.165) is 16.7 Å². The maximum Gasteiger partial charge on any atom is 0.297 e. The van der Waals surface area contributed by atoms with Gasteiger partial charge in [0.1, 0.15) is 0 Å². The number of nitrogen functional groups attached to an aromatic ring is 1. The van der Waals surface area contributed by atoms with E-state index in [1.165, 1.54) is 5.56 Å². The summed E-state index contributed by atoms with van der Waals surface area (Å²) in [6.07, 6.45) is 1.57. The predicted octanol–water partition coefficient (Wildman–Crippen LogP) is 1.34. The Hall–Kier alpha value is -2.70. The number of benzene rings is 1. The van der Waals surface area contributed by atoms with E-state index in [1.54, 1.807) is 6.21 Å². The van der Waals surface area contributed by atoms with Gasteiger partial charge in [0.2, 0.25) is 11.5 Å². The molecule has 1 heterocycles. The number of hydrazone groups is 1. The van der Waals surface area contributed by atoms with Crippen molar-refractivity contribution in [2.75, 3.05) is 5.73 Å². The average Bonchev–Trinajstić information content (AvgIpc) is 2.81. The van der Waals surface area contributed by atoms with E-state index in [4.69, 9.17) is 5.73 Å². The molecule has 1 amide bonds. The van der Waals surface area contributed by atoms with Crippen LogP contribution in [0.15, 0.2) is 21.9 Å². The first-order chi connectivity index (χ1) is 9.49. The fraction of sp³-hybridized carbons (Fsp3) is 0.231. The van der Waals surface area contributed by atoms with E-state index >= 15 is 0 Å². The van der Waals surface area contributed by atoms with Crippen molar-refractivity contribution in [3.05, 3.63) is 40.1 Å². The van der Waals surface area contributed by atoms with Gasteiger partial charge in [0, 0.05) is 0 Å². The summed E-state index contributed by atoms with van der Waals surface area (Å²) in [7, 11) is 0. The van der Waals surface area contributed by atoms with Crippen LogP contribution < -0.4 is 11.2 Å². The molecule has 0 aliphatic rings. The summed E-state index contributed by atoms with van der Waals surface area (Å²) in [5.41, 5.74) is 12.0. The second kappa shape index (κ2) is 5.52. The maximum atomic E-state index is 11.7. The van der Waals surface area contributed by atoms with Crippen LogP contribution in [0.25, 0.3) is 0 Å². The standard InChI is InChI=1S/C13H15N5O2/c1-7-4-9(3)10(5-8(7)2)6-15-16-13(19)11-12(14)18-20-17-11/h4-6H,1-3H3,(H2,14,18)(H,16,19)/b15-6-. The van der Waals surface area contributed by atoms with Crippen LogP contribution in [0.2, 0.25) is 0 Å². The smallest absolute Gasteiger partial charge is 0.297 e. The number of aromatic nitrogens is 2. The molecule has 0 saturated carbocycles. The molecule has 0 saturated heterocycles. The molecule has 0 unspecified atom stereocenters. The van der Waals surface area contributed by atoms with Gasteiger partial charge in [-0.15, -0.1) is 0 Å². The predicted molar refractivity (Wildman–Crippen MR) is 74.4 cm³/mol. The first kappa shape index (κ1) is 13.7. The molecule has 0 fully saturated rings. The van der Waals surface area contributed by atoms with Crippen molar-refractivity contribution in [2.45, 2.75) is 20.8 Å². The summed E-state index contributed by atoms with van der Waals surface area (Å²) in [5.74, 6) is -0.637. The Morgan fingerprint density at radius 3 is 2.60 bits per heavy atom. The molecule has 3 N–H and O–H groups in total. The molecule has 0 radical (unpaired) electrons. The summed E-state index contributed by atoms with van der Waals surface area (Å²) < 4.78 is 4.34. The minimum Gasteiger partial charge on any atom is -0.379 e. The third-order valence-electron chi connectivity index (χ3n) is 2.98. The lowest BCUT2D eigenvalue weighted by atomic mass is 10.0. The Kier molecular flexibility index (Phi) is 3.79. The molecule has 2 rings (SSSR count). The van der Waals surface area contributed by atoms with E-state index < -0.39 is 5.91 Å². The number of anilines is 1. The number of aryl methyl sites for hydroxylation is 3. The summed E-state index contributed by atoms with van der Waals surface area (Å²) in [6, 6.07) is 4.07. The number of rotatable bonds is 3. The maximum absolute atomic E-state index is 11.7. The Morgan fingerprint density at radius 2 is 1.95 bits per heavy atom. The van der Waals surface area contributed by atoms with Crippen molar-refractivity contribution in [3.8, 4) is 0 Å². The zero-order valence-corrected chi connectivity index (χ0v) is 11.5. The topological polar surface area (TPSA) is 106 Å². The molecular weight excluding hydrogens is 258 g/mol. The number of hydrogen-bond donors (Lipinski definition) is 2. The minimum atomic E-state index is -0.568. The highest BCUT2D eigenvalue weighted by atomic mass is 16.6. The van der Waals surface area contributed by atoms with Crippen molar-refractivity contribution >= 4 is 17.9 Å². The molecule has 1 aromatic heterocycles. The van der Waals surface area contributed by atoms with Crippen molar-refractivity contribution in [1.29, 1.82) is 0 Å². The molecule has 0 spiro atoms. The minimum absolute atomic E-state index is 0.0694. The van der Waals surface area contributed by atoms with Gasteiger partial charge in [-0.1, -0.05) is 6.07 Å². The molecule has 0 bridgehead atoms. The second-order valence-corrected chi connectivity index (χ2v) is 4.49. The number of nitrogens with zero attached hydrogens (tertiary/aromatic N) is 3. The molecule has 1 aromatic carbocycles. The van der Waals surface area contributed by atoms with Crippen LogP contribution in [0.1, 0.15) is 32.7 Å². The lowest BCUT2D eigenvalue weighted by Crippen LogP contribution is -2.19. The zero-order chi connectivity index (χ0) is 14.7. The van der Waals surface area contributed by atoms with Gasteiger partial charge in [-0.3, -0.25) is 4.79 Å². The van der Waals surface area contributed by atoms with E-state index in [1.807, 2.05) is 26.8 Å². The fourth-order valence-corrected chi connectivity index (χ4v) is 1.69. The van der Waals surface area contributed by atoms with Gasteiger partial charge < -0.3 is 5.73 Å². The van der Waals surface area contributed by atoms with Crippen molar-refractivity contribution in [1.82, 2.24) is 15.7 Å². The second-order valence-electron chi connectivity index (χ2n) is 4.49. The van der Waals surface area contributed by atoms with Crippen molar-refractivity contribution in [3.63, 3.8) is 0 Å². The normalized spacial score (nSPS) is 10.9. The summed E-state index contributed by atoms with van der Waals surface area (Å²) >= 11 is 0.